The fraction of sp³-hybridized carbons (Fsp3) is 0.0870. The molecule has 0 aliphatic carbocycles. The number of ketones is 1. The van der Waals surface area contributed by atoms with E-state index in [4.69, 9.17) is 11.6 Å². The van der Waals surface area contributed by atoms with Gasteiger partial charge in [0.25, 0.3) is 11.7 Å². The molecule has 2 heterocycles. The number of nitrogens with zero attached hydrogens (tertiary/aromatic N) is 2. The van der Waals surface area contributed by atoms with Crippen molar-refractivity contribution in [3.63, 3.8) is 0 Å². The van der Waals surface area contributed by atoms with Gasteiger partial charge in [-0.3, -0.25) is 19.5 Å². The first-order chi connectivity index (χ1) is 14.4. The molecule has 1 unspecified atom stereocenters. The first-order valence-corrected chi connectivity index (χ1v) is 9.54. The summed E-state index contributed by atoms with van der Waals surface area (Å²) in [5.41, 5.74) is 1.51. The Balaban J connectivity index is 1.99. The number of rotatable bonds is 3. The van der Waals surface area contributed by atoms with E-state index in [1.165, 1.54) is 23.2 Å². The highest BCUT2D eigenvalue weighted by Gasteiger charge is 2.48. The van der Waals surface area contributed by atoms with Crippen molar-refractivity contribution in [3.05, 3.63) is 94.3 Å². The van der Waals surface area contributed by atoms with Crippen molar-refractivity contribution < 1.29 is 19.8 Å². The van der Waals surface area contributed by atoms with Gasteiger partial charge in [-0.25, -0.2) is 0 Å². The molecule has 3 aromatic rings. The second kappa shape index (κ2) is 7.65. The molecule has 0 radical (unpaired) electrons. The number of aliphatic hydroxyl groups is 1. The van der Waals surface area contributed by atoms with Gasteiger partial charge in [0.05, 0.1) is 17.0 Å². The first kappa shape index (κ1) is 19.7. The zero-order valence-electron chi connectivity index (χ0n) is 15.9. The lowest BCUT2D eigenvalue weighted by Gasteiger charge is -2.25. The third-order valence-electron chi connectivity index (χ3n) is 4.90. The molecule has 0 saturated carbocycles. The highest BCUT2D eigenvalue weighted by Crippen LogP contribution is 2.44. The molecular weight excluding hydrogens is 404 g/mol. The molecule has 1 saturated heterocycles. The van der Waals surface area contributed by atoms with Crippen LogP contribution in [0.4, 0.5) is 5.69 Å². The summed E-state index contributed by atoms with van der Waals surface area (Å²) in [7, 11) is 0. The molecule has 150 valence electrons. The molecule has 1 aliphatic heterocycles. The number of Topliss-reactive ketones (excluding diaryl/α,β-unsaturated/α-hetero) is 1. The number of amides is 1. The van der Waals surface area contributed by atoms with Gasteiger partial charge >= 0.3 is 0 Å². The Morgan fingerprint density at radius 1 is 1.07 bits per heavy atom. The smallest absolute Gasteiger partial charge is 0.300 e. The van der Waals surface area contributed by atoms with Gasteiger partial charge in [0.1, 0.15) is 17.6 Å². The van der Waals surface area contributed by atoms with E-state index in [0.717, 1.165) is 5.56 Å². The summed E-state index contributed by atoms with van der Waals surface area (Å²) in [5.74, 6) is -2.26. The maximum absolute atomic E-state index is 13.0. The number of phenols is 1. The number of carbonyl (C=O) groups is 2. The van der Waals surface area contributed by atoms with Gasteiger partial charge in [-0.2, -0.15) is 0 Å². The van der Waals surface area contributed by atoms with E-state index in [0.29, 0.717) is 16.3 Å². The number of aliphatic hydroxyl groups excluding tert-OH is 1. The first-order valence-electron chi connectivity index (χ1n) is 9.16. The molecular formula is C23H17ClN2O4. The predicted octanol–water partition coefficient (Wildman–Crippen LogP) is 4.38. The summed E-state index contributed by atoms with van der Waals surface area (Å²) in [5, 5.41) is 21.8. The lowest BCUT2D eigenvalue weighted by atomic mass is 9.98. The summed E-state index contributed by atoms with van der Waals surface area (Å²) < 4.78 is 0. The van der Waals surface area contributed by atoms with Crippen LogP contribution >= 0.6 is 11.6 Å². The Bertz CT molecular complexity index is 1190. The lowest BCUT2D eigenvalue weighted by Crippen LogP contribution is -2.30. The highest BCUT2D eigenvalue weighted by molar-refractivity contribution is 6.51. The number of aryl methyl sites for hydroxylation is 1. The molecule has 2 N–H and O–H groups in total. The van der Waals surface area contributed by atoms with Crippen molar-refractivity contribution in [2.75, 3.05) is 4.90 Å². The van der Waals surface area contributed by atoms with E-state index in [2.05, 4.69) is 4.98 Å². The van der Waals surface area contributed by atoms with Crippen LogP contribution in [0.1, 0.15) is 22.9 Å². The van der Waals surface area contributed by atoms with Gasteiger partial charge in [0.15, 0.2) is 0 Å². The standard InChI is InChI=1S/C23H17ClN2O4/c1-13-8-9-18(27)17(11-13)26-20(16-7-2-3-10-25-16)19(22(29)23(26)30)21(28)14-5-4-6-15(24)12-14/h2-12,20,27-28H,1H3/b21-19+. The van der Waals surface area contributed by atoms with E-state index < -0.39 is 17.7 Å². The van der Waals surface area contributed by atoms with Gasteiger partial charge < -0.3 is 10.2 Å². The van der Waals surface area contributed by atoms with Crippen LogP contribution < -0.4 is 4.90 Å². The quantitative estimate of drug-likeness (QED) is 0.373. The van der Waals surface area contributed by atoms with E-state index in [1.807, 2.05) is 0 Å². The van der Waals surface area contributed by atoms with Crippen molar-refractivity contribution >= 4 is 34.7 Å². The molecule has 6 nitrogen and oxygen atoms in total. The Labute approximate surface area is 177 Å². The van der Waals surface area contributed by atoms with Crippen molar-refractivity contribution in [1.29, 1.82) is 0 Å². The maximum Gasteiger partial charge on any atom is 0.300 e. The molecule has 4 rings (SSSR count). The van der Waals surface area contributed by atoms with Crippen LogP contribution in [0.5, 0.6) is 5.75 Å². The predicted molar refractivity (Wildman–Crippen MR) is 113 cm³/mol. The number of aromatic hydroxyl groups is 1. The van der Waals surface area contributed by atoms with Crippen molar-refractivity contribution in [3.8, 4) is 5.75 Å². The van der Waals surface area contributed by atoms with Crippen molar-refractivity contribution in [2.24, 2.45) is 0 Å². The zero-order chi connectivity index (χ0) is 21.4. The Morgan fingerprint density at radius 3 is 2.57 bits per heavy atom. The van der Waals surface area contributed by atoms with Crippen LogP contribution in [-0.4, -0.2) is 26.9 Å². The van der Waals surface area contributed by atoms with E-state index >= 15 is 0 Å². The zero-order valence-corrected chi connectivity index (χ0v) is 16.7. The highest BCUT2D eigenvalue weighted by atomic mass is 35.5. The number of benzene rings is 2. The third-order valence-corrected chi connectivity index (χ3v) is 5.14. The number of pyridine rings is 1. The fourth-order valence-corrected chi connectivity index (χ4v) is 3.71. The number of hydrogen-bond donors (Lipinski definition) is 2. The summed E-state index contributed by atoms with van der Waals surface area (Å²) in [6, 6.07) is 15.2. The number of anilines is 1. The van der Waals surface area contributed by atoms with Gasteiger partial charge in [-0.05, 0) is 48.9 Å². The van der Waals surface area contributed by atoms with Gasteiger partial charge in [-0.1, -0.05) is 35.9 Å². The van der Waals surface area contributed by atoms with E-state index in [9.17, 15) is 19.8 Å². The summed E-state index contributed by atoms with van der Waals surface area (Å²) in [6.45, 7) is 1.81. The van der Waals surface area contributed by atoms with Gasteiger partial charge in [-0.15, -0.1) is 0 Å². The average Bonchev–Trinajstić information content (AvgIpc) is 3.00. The molecule has 1 atom stereocenters. The maximum atomic E-state index is 13.0. The number of carbonyl (C=O) groups excluding carboxylic acids is 2. The monoisotopic (exact) mass is 420 g/mol. The lowest BCUT2D eigenvalue weighted by molar-refractivity contribution is -0.132. The van der Waals surface area contributed by atoms with Crippen LogP contribution in [0, 0.1) is 6.92 Å². The summed E-state index contributed by atoms with van der Waals surface area (Å²) in [6.07, 6.45) is 1.53. The fourth-order valence-electron chi connectivity index (χ4n) is 3.52. The SMILES string of the molecule is Cc1ccc(O)c(N2C(=O)C(=O)/C(=C(/O)c3cccc(Cl)c3)C2c2ccccn2)c1. The largest absolute Gasteiger partial charge is 0.507 e. The minimum absolute atomic E-state index is 0.123. The Morgan fingerprint density at radius 2 is 1.87 bits per heavy atom. The van der Waals surface area contributed by atoms with Crippen LogP contribution in [0.2, 0.25) is 5.02 Å². The number of aromatic nitrogens is 1. The second-order valence-corrected chi connectivity index (χ2v) is 7.36. The van der Waals surface area contributed by atoms with Gasteiger partial charge in [0.2, 0.25) is 0 Å². The molecule has 0 bridgehead atoms. The summed E-state index contributed by atoms with van der Waals surface area (Å²) >= 11 is 6.04. The molecule has 1 amide bonds. The normalized spacial score (nSPS) is 18.1. The number of phenolic OH excluding ortho intramolecular Hbond substituents is 1. The minimum atomic E-state index is -1.02. The van der Waals surface area contributed by atoms with Crippen LogP contribution in [0.25, 0.3) is 5.76 Å². The van der Waals surface area contributed by atoms with E-state index in [1.54, 1.807) is 55.5 Å². The third kappa shape index (κ3) is 3.31. The number of halogens is 1. The Kier molecular flexibility index (Phi) is 5.01. The van der Waals surface area contributed by atoms with E-state index in [-0.39, 0.29) is 22.8 Å². The van der Waals surface area contributed by atoms with Crippen molar-refractivity contribution in [2.45, 2.75) is 13.0 Å². The molecule has 1 fully saturated rings. The van der Waals surface area contributed by atoms with Gasteiger partial charge in [0, 0.05) is 16.8 Å². The molecule has 7 heteroatoms. The molecule has 30 heavy (non-hydrogen) atoms. The summed E-state index contributed by atoms with van der Waals surface area (Å²) in [4.78, 5) is 31.5. The molecule has 1 aliphatic rings. The van der Waals surface area contributed by atoms with Crippen LogP contribution in [0.3, 0.4) is 0 Å². The number of hydrogen-bond acceptors (Lipinski definition) is 5. The molecule has 1 aromatic heterocycles. The minimum Gasteiger partial charge on any atom is -0.507 e. The Hall–Kier alpha value is -3.64. The van der Waals surface area contributed by atoms with Crippen LogP contribution in [-0.2, 0) is 9.59 Å². The van der Waals surface area contributed by atoms with Crippen LogP contribution in [0.15, 0.2) is 72.4 Å². The average molecular weight is 421 g/mol. The second-order valence-electron chi connectivity index (χ2n) is 6.93. The van der Waals surface area contributed by atoms with Crippen molar-refractivity contribution in [1.82, 2.24) is 4.98 Å². The topological polar surface area (TPSA) is 90.7 Å². The molecule has 0 spiro atoms. The molecule has 2 aromatic carbocycles.